The lowest BCUT2D eigenvalue weighted by Crippen LogP contribution is -2.39. The van der Waals surface area contributed by atoms with Crippen LogP contribution in [0.15, 0.2) is 54.6 Å². The molecule has 3 rings (SSSR count). The highest BCUT2D eigenvalue weighted by Gasteiger charge is 2.54. The first kappa shape index (κ1) is 22.0. The molecule has 0 saturated heterocycles. The fourth-order valence-corrected chi connectivity index (χ4v) is 6.25. The predicted octanol–water partition coefficient (Wildman–Crippen LogP) is 5.89. The van der Waals surface area contributed by atoms with E-state index < -0.39 is 31.9 Å². The summed E-state index contributed by atoms with van der Waals surface area (Å²) in [6, 6.07) is 11.5. The van der Waals surface area contributed by atoms with E-state index in [4.69, 9.17) is 46.4 Å². The first-order chi connectivity index (χ1) is 13.5. The van der Waals surface area contributed by atoms with Crippen LogP contribution in [0.3, 0.4) is 0 Å². The van der Waals surface area contributed by atoms with Crippen LogP contribution in [-0.4, -0.2) is 23.2 Å². The van der Waals surface area contributed by atoms with Crippen LogP contribution in [0.2, 0.25) is 20.1 Å². The monoisotopic (exact) mass is 492 g/mol. The Morgan fingerprint density at radius 3 is 1.52 bits per heavy atom. The van der Waals surface area contributed by atoms with Crippen molar-refractivity contribution in [2.75, 3.05) is 0 Å². The van der Waals surface area contributed by atoms with E-state index in [0.717, 1.165) is 18.2 Å². The van der Waals surface area contributed by atoms with Gasteiger partial charge in [-0.1, -0.05) is 58.5 Å². The summed E-state index contributed by atoms with van der Waals surface area (Å²) < 4.78 is 34.0. The number of benzene rings is 3. The first-order valence-electron chi connectivity index (χ1n) is 7.90. The minimum Gasteiger partial charge on any atom is -0.508 e. The molecule has 0 aliphatic rings. The van der Waals surface area contributed by atoms with Crippen LogP contribution in [0.4, 0.5) is 0 Å². The number of aromatic hydroxyl groups is 2. The molecule has 0 unspecified atom stereocenters. The van der Waals surface area contributed by atoms with Crippen LogP contribution in [0.25, 0.3) is 0 Å². The molecule has 0 spiro atoms. The Bertz CT molecular complexity index is 1120. The van der Waals surface area contributed by atoms with Gasteiger partial charge in [0, 0.05) is 36.8 Å². The van der Waals surface area contributed by atoms with Crippen molar-refractivity contribution in [3.05, 3.63) is 91.4 Å². The van der Waals surface area contributed by atoms with Gasteiger partial charge in [-0.15, -0.1) is 0 Å². The van der Waals surface area contributed by atoms with Crippen molar-refractivity contribution in [1.82, 2.24) is 0 Å². The molecule has 0 atom stereocenters. The van der Waals surface area contributed by atoms with Gasteiger partial charge in [0.05, 0.1) is 0 Å². The molecule has 0 heterocycles. The van der Waals surface area contributed by atoms with Gasteiger partial charge in [-0.3, -0.25) is 4.55 Å². The van der Waals surface area contributed by atoms with Crippen LogP contribution in [0, 0.1) is 0 Å². The summed E-state index contributed by atoms with van der Waals surface area (Å²) in [5, 5.41) is 20.0. The number of halogens is 4. The van der Waals surface area contributed by atoms with Crippen LogP contribution in [0.5, 0.6) is 11.5 Å². The van der Waals surface area contributed by atoms with Crippen molar-refractivity contribution in [1.29, 1.82) is 0 Å². The minimum absolute atomic E-state index is 0.145. The van der Waals surface area contributed by atoms with Crippen LogP contribution in [-0.2, 0) is 14.9 Å². The summed E-state index contributed by atoms with van der Waals surface area (Å²) in [6.45, 7) is 0. The minimum atomic E-state index is -5.22. The number of phenolic OH excluding ortho intramolecular Hbond substituents is 2. The molecule has 3 aromatic carbocycles. The Kier molecular flexibility index (Phi) is 5.98. The lowest BCUT2D eigenvalue weighted by Gasteiger charge is -2.35. The number of hydrogen-bond acceptors (Lipinski definition) is 4. The predicted molar refractivity (Wildman–Crippen MR) is 114 cm³/mol. The largest absolute Gasteiger partial charge is 0.508 e. The Morgan fingerprint density at radius 2 is 1.14 bits per heavy atom. The average Bonchev–Trinajstić information content (AvgIpc) is 2.61. The molecule has 0 amide bonds. The van der Waals surface area contributed by atoms with Gasteiger partial charge in [0.2, 0.25) is 0 Å². The Balaban J connectivity index is 2.73. The normalized spacial score (nSPS) is 12.2. The van der Waals surface area contributed by atoms with Gasteiger partial charge < -0.3 is 10.2 Å². The van der Waals surface area contributed by atoms with E-state index in [0.29, 0.717) is 0 Å². The van der Waals surface area contributed by atoms with Crippen molar-refractivity contribution in [2.45, 2.75) is 4.75 Å². The first-order valence-corrected chi connectivity index (χ1v) is 10.9. The Labute approximate surface area is 186 Å². The van der Waals surface area contributed by atoms with Crippen LogP contribution in [0.1, 0.15) is 16.7 Å². The van der Waals surface area contributed by atoms with Crippen molar-refractivity contribution >= 4 is 56.5 Å². The quantitative estimate of drug-likeness (QED) is 0.239. The van der Waals surface area contributed by atoms with Crippen LogP contribution < -0.4 is 0 Å². The van der Waals surface area contributed by atoms with Gasteiger partial charge in [0.25, 0.3) is 10.1 Å². The zero-order valence-electron chi connectivity index (χ0n) is 14.3. The third-order valence-electron chi connectivity index (χ3n) is 4.38. The molecule has 0 aliphatic heterocycles. The van der Waals surface area contributed by atoms with Gasteiger partial charge >= 0.3 is 0 Å². The van der Waals surface area contributed by atoms with Crippen molar-refractivity contribution in [3.63, 3.8) is 0 Å². The summed E-state index contributed by atoms with van der Waals surface area (Å²) in [4.78, 5) is 0. The molecular formula is C19H12Cl4O5S. The molecule has 0 radical (unpaired) electrons. The fraction of sp³-hybridized carbons (Fsp3) is 0.0526. The zero-order valence-corrected chi connectivity index (χ0v) is 18.1. The van der Waals surface area contributed by atoms with Crippen LogP contribution >= 0.6 is 46.4 Å². The molecule has 0 fully saturated rings. The molecule has 10 heteroatoms. The molecule has 0 saturated carbocycles. The molecular weight excluding hydrogens is 482 g/mol. The van der Waals surface area contributed by atoms with E-state index in [1.165, 1.54) is 36.4 Å². The Hall–Kier alpha value is -1.67. The maximum atomic E-state index is 13.1. The number of hydrogen-bond donors (Lipinski definition) is 3. The number of phenols is 2. The molecule has 29 heavy (non-hydrogen) atoms. The van der Waals surface area contributed by atoms with E-state index in [-0.39, 0.29) is 31.2 Å². The smallest absolute Gasteiger partial charge is 0.283 e. The Morgan fingerprint density at radius 1 is 0.724 bits per heavy atom. The summed E-state index contributed by atoms with van der Waals surface area (Å²) in [7, 11) is -5.22. The second-order valence-electron chi connectivity index (χ2n) is 6.05. The second kappa shape index (κ2) is 7.87. The third-order valence-corrected chi connectivity index (χ3v) is 7.04. The second-order valence-corrected chi connectivity index (χ2v) is 9.24. The highest BCUT2D eigenvalue weighted by molar-refractivity contribution is 7.87. The van der Waals surface area contributed by atoms with E-state index in [2.05, 4.69) is 0 Å². The maximum Gasteiger partial charge on any atom is 0.283 e. The van der Waals surface area contributed by atoms with E-state index in [1.54, 1.807) is 0 Å². The topological polar surface area (TPSA) is 94.8 Å². The molecule has 5 nitrogen and oxygen atoms in total. The van der Waals surface area contributed by atoms with Crippen molar-refractivity contribution < 1.29 is 23.2 Å². The lowest BCUT2D eigenvalue weighted by atomic mass is 9.83. The van der Waals surface area contributed by atoms with Crippen molar-refractivity contribution in [2.24, 2.45) is 0 Å². The standard InChI is InChI=1S/C19H12Cl4O5S/c20-12-3-1-4-13(21)17(12)19(29(26,27)28,11-9-10(24)7-8-16(11)25)18-14(22)5-2-6-15(18)23/h1-9,24-25H,(H,26,27,28). The van der Waals surface area contributed by atoms with Gasteiger partial charge in [0.1, 0.15) is 11.5 Å². The van der Waals surface area contributed by atoms with Gasteiger partial charge in [0.15, 0.2) is 4.75 Å². The summed E-state index contributed by atoms with van der Waals surface area (Å²) in [5.41, 5.74) is -1.02. The van der Waals surface area contributed by atoms with Gasteiger partial charge in [-0.05, 0) is 42.5 Å². The highest BCUT2D eigenvalue weighted by atomic mass is 35.5. The lowest BCUT2D eigenvalue weighted by molar-refractivity contribution is 0.434. The number of rotatable bonds is 4. The summed E-state index contributed by atoms with van der Waals surface area (Å²) in [5.74, 6) is -0.968. The maximum absolute atomic E-state index is 13.1. The van der Waals surface area contributed by atoms with E-state index >= 15 is 0 Å². The average molecular weight is 494 g/mol. The molecule has 3 N–H and O–H groups in total. The molecule has 152 valence electrons. The van der Waals surface area contributed by atoms with Gasteiger partial charge in [-0.25, -0.2) is 0 Å². The summed E-state index contributed by atoms with van der Waals surface area (Å²) in [6.07, 6.45) is 0. The SMILES string of the molecule is O=S(=O)(O)C(c1cc(O)ccc1O)(c1c(Cl)cccc1Cl)c1c(Cl)cccc1Cl. The third kappa shape index (κ3) is 3.54. The molecule has 0 aliphatic carbocycles. The fourth-order valence-electron chi connectivity index (χ4n) is 3.27. The molecule has 3 aromatic rings. The summed E-state index contributed by atoms with van der Waals surface area (Å²) >= 11 is 25.3. The van der Waals surface area contributed by atoms with Crippen molar-refractivity contribution in [3.8, 4) is 11.5 Å². The molecule has 0 bridgehead atoms. The van der Waals surface area contributed by atoms with E-state index in [9.17, 15) is 23.2 Å². The molecule has 0 aromatic heterocycles. The highest BCUT2D eigenvalue weighted by Crippen LogP contribution is 2.55. The van der Waals surface area contributed by atoms with Gasteiger partial charge in [-0.2, -0.15) is 8.42 Å². The zero-order chi connectivity index (χ0) is 21.6. The van der Waals surface area contributed by atoms with E-state index in [1.807, 2.05) is 0 Å².